The van der Waals surface area contributed by atoms with Crippen LogP contribution in [0, 0.1) is 5.92 Å². The average Bonchev–Trinajstić information content (AvgIpc) is 3.24. The number of carbonyl (C=O) groups excluding carboxylic acids is 2. The van der Waals surface area contributed by atoms with Crippen molar-refractivity contribution in [2.45, 2.75) is 12.8 Å². The van der Waals surface area contributed by atoms with Gasteiger partial charge < -0.3 is 25.3 Å². The third kappa shape index (κ3) is 3.61. The maximum Gasteiger partial charge on any atom is 0.257 e. The Labute approximate surface area is 173 Å². The highest BCUT2D eigenvalue weighted by Gasteiger charge is 2.29. The normalized spacial score (nSPS) is 16.9. The lowest BCUT2D eigenvalue weighted by Crippen LogP contribution is -2.44. The number of nitrogens with zero attached hydrogens (tertiary/aromatic N) is 2. The number of fused-ring (bicyclic) bond motifs is 2. The van der Waals surface area contributed by atoms with Crippen molar-refractivity contribution in [2.24, 2.45) is 5.92 Å². The van der Waals surface area contributed by atoms with E-state index in [1.54, 1.807) is 17.2 Å². The van der Waals surface area contributed by atoms with Gasteiger partial charge >= 0.3 is 0 Å². The molecule has 2 aliphatic heterocycles. The molecule has 1 fully saturated rings. The molecule has 0 aliphatic carbocycles. The Bertz CT molecular complexity index is 1100. The van der Waals surface area contributed by atoms with Crippen molar-refractivity contribution in [3.8, 4) is 0 Å². The molecule has 0 radical (unpaired) electrons. The molecule has 2 aliphatic rings. The van der Waals surface area contributed by atoms with E-state index in [1.807, 2.05) is 30.5 Å². The van der Waals surface area contributed by atoms with Gasteiger partial charge in [-0.05, 0) is 49.1 Å². The van der Waals surface area contributed by atoms with Crippen molar-refractivity contribution >= 4 is 39.9 Å². The number of aromatic amines is 1. The first-order valence-electron chi connectivity index (χ1n) is 10.2. The monoisotopic (exact) mass is 405 g/mol. The summed E-state index contributed by atoms with van der Waals surface area (Å²) in [5, 5.41) is 6.99. The molecule has 0 unspecified atom stereocenters. The molecule has 5 rings (SSSR count). The first-order chi connectivity index (χ1) is 14.7. The lowest BCUT2D eigenvalue weighted by molar-refractivity contribution is -0.117. The first kappa shape index (κ1) is 18.6. The molecule has 3 aromatic rings. The van der Waals surface area contributed by atoms with Crippen LogP contribution in [0.2, 0.25) is 0 Å². The van der Waals surface area contributed by atoms with Crippen LogP contribution in [0.25, 0.3) is 10.9 Å². The van der Waals surface area contributed by atoms with Gasteiger partial charge in [-0.25, -0.2) is 4.98 Å². The maximum atomic E-state index is 12.9. The molecule has 3 N–H and O–H groups in total. The third-order valence-corrected chi connectivity index (χ3v) is 5.72. The first-order valence-corrected chi connectivity index (χ1v) is 10.2. The Morgan fingerprint density at radius 3 is 2.97 bits per heavy atom. The van der Waals surface area contributed by atoms with Crippen LogP contribution in [-0.2, 0) is 9.53 Å². The van der Waals surface area contributed by atoms with Crippen LogP contribution in [0.4, 0.5) is 17.2 Å². The van der Waals surface area contributed by atoms with E-state index in [-0.39, 0.29) is 18.4 Å². The molecular weight excluding hydrogens is 382 g/mol. The number of aromatic nitrogens is 2. The van der Waals surface area contributed by atoms with Gasteiger partial charge in [-0.1, -0.05) is 0 Å². The van der Waals surface area contributed by atoms with Crippen LogP contribution in [-0.4, -0.2) is 48.1 Å². The molecule has 2 amide bonds. The van der Waals surface area contributed by atoms with E-state index in [1.165, 1.54) is 0 Å². The number of H-pyrrole nitrogens is 1. The number of carbonyl (C=O) groups is 2. The van der Waals surface area contributed by atoms with E-state index in [0.29, 0.717) is 35.2 Å². The lowest BCUT2D eigenvalue weighted by atomic mass is 9.99. The zero-order valence-corrected chi connectivity index (χ0v) is 16.5. The van der Waals surface area contributed by atoms with Gasteiger partial charge in [0.1, 0.15) is 5.82 Å². The predicted octanol–water partition coefficient (Wildman–Crippen LogP) is 3.00. The molecule has 1 aromatic carbocycles. The molecule has 0 spiro atoms. The standard InChI is InChI=1S/C22H23N5O3/c28-20-12-25-21-19(27(20)13-14-4-7-30-8-5-14)10-16(11-24-21)22(29)26-17-1-2-18-15(9-17)3-6-23-18/h1-3,6,9-11,14,23H,4-5,7-8,12-13H2,(H,24,25)(H,26,29). The van der Waals surface area contributed by atoms with Crippen molar-refractivity contribution in [2.75, 3.05) is 41.8 Å². The summed E-state index contributed by atoms with van der Waals surface area (Å²) in [7, 11) is 0. The van der Waals surface area contributed by atoms with Crippen molar-refractivity contribution in [3.63, 3.8) is 0 Å². The van der Waals surface area contributed by atoms with Crippen molar-refractivity contribution < 1.29 is 14.3 Å². The molecule has 8 nitrogen and oxygen atoms in total. The van der Waals surface area contributed by atoms with E-state index in [9.17, 15) is 9.59 Å². The highest BCUT2D eigenvalue weighted by Crippen LogP contribution is 2.31. The van der Waals surface area contributed by atoms with Crippen molar-refractivity contribution in [3.05, 3.63) is 48.3 Å². The number of amides is 2. The largest absolute Gasteiger partial charge is 0.381 e. The quantitative estimate of drug-likeness (QED) is 0.620. The van der Waals surface area contributed by atoms with Gasteiger partial charge in [-0.2, -0.15) is 0 Å². The summed E-state index contributed by atoms with van der Waals surface area (Å²) in [6, 6.07) is 9.39. The zero-order chi connectivity index (χ0) is 20.5. The second kappa shape index (κ2) is 7.79. The van der Waals surface area contributed by atoms with E-state index >= 15 is 0 Å². The number of pyridine rings is 1. The minimum absolute atomic E-state index is 0.00809. The topological polar surface area (TPSA) is 99.3 Å². The van der Waals surface area contributed by atoms with E-state index in [2.05, 4.69) is 20.6 Å². The number of ether oxygens (including phenoxy) is 1. The number of rotatable bonds is 4. The summed E-state index contributed by atoms with van der Waals surface area (Å²) in [4.78, 5) is 34.8. The minimum atomic E-state index is -0.260. The van der Waals surface area contributed by atoms with Crippen molar-refractivity contribution in [1.82, 2.24) is 9.97 Å². The number of hydrogen-bond acceptors (Lipinski definition) is 5. The Hall–Kier alpha value is -3.39. The van der Waals surface area contributed by atoms with Gasteiger partial charge in [-0.15, -0.1) is 0 Å². The number of hydrogen-bond donors (Lipinski definition) is 3. The molecular formula is C22H23N5O3. The lowest BCUT2D eigenvalue weighted by Gasteiger charge is -2.33. The van der Waals surface area contributed by atoms with E-state index in [0.717, 1.165) is 37.0 Å². The van der Waals surface area contributed by atoms with Crippen LogP contribution in [0.1, 0.15) is 23.2 Å². The van der Waals surface area contributed by atoms with Crippen LogP contribution in [0.3, 0.4) is 0 Å². The molecule has 0 bridgehead atoms. The third-order valence-electron chi connectivity index (χ3n) is 5.72. The molecule has 2 aromatic heterocycles. The fourth-order valence-corrected chi connectivity index (χ4v) is 4.03. The SMILES string of the molecule is O=C(Nc1ccc2[nH]ccc2c1)c1cnc2c(c1)N(CC1CCOCC1)C(=O)CN2. The Morgan fingerprint density at radius 2 is 2.10 bits per heavy atom. The fourth-order valence-electron chi connectivity index (χ4n) is 4.03. The van der Waals surface area contributed by atoms with Gasteiger partial charge in [-0.3, -0.25) is 9.59 Å². The molecule has 30 heavy (non-hydrogen) atoms. The van der Waals surface area contributed by atoms with Gasteiger partial charge in [0.25, 0.3) is 5.91 Å². The van der Waals surface area contributed by atoms with Gasteiger partial charge in [0.2, 0.25) is 5.91 Å². The van der Waals surface area contributed by atoms with E-state index < -0.39 is 0 Å². The second-order valence-corrected chi connectivity index (χ2v) is 7.74. The Morgan fingerprint density at radius 1 is 1.23 bits per heavy atom. The zero-order valence-electron chi connectivity index (χ0n) is 16.5. The Kier molecular flexibility index (Phi) is 4.84. The summed E-state index contributed by atoms with van der Waals surface area (Å²) < 4.78 is 5.43. The second-order valence-electron chi connectivity index (χ2n) is 7.74. The fraction of sp³-hybridized carbons (Fsp3) is 0.318. The van der Waals surface area contributed by atoms with Crippen LogP contribution in [0.15, 0.2) is 42.7 Å². The number of anilines is 3. The Balaban J connectivity index is 1.38. The number of benzene rings is 1. The molecule has 0 atom stereocenters. The van der Waals surface area contributed by atoms with Crippen molar-refractivity contribution in [1.29, 1.82) is 0 Å². The van der Waals surface area contributed by atoms with Gasteiger partial charge in [0.15, 0.2) is 0 Å². The average molecular weight is 405 g/mol. The predicted molar refractivity (Wildman–Crippen MR) is 115 cm³/mol. The van der Waals surface area contributed by atoms with Crippen LogP contribution >= 0.6 is 0 Å². The van der Waals surface area contributed by atoms with Crippen LogP contribution < -0.4 is 15.5 Å². The smallest absolute Gasteiger partial charge is 0.257 e. The van der Waals surface area contributed by atoms with Crippen LogP contribution in [0.5, 0.6) is 0 Å². The van der Waals surface area contributed by atoms with E-state index in [4.69, 9.17) is 4.74 Å². The maximum absolute atomic E-state index is 12.9. The summed E-state index contributed by atoms with van der Waals surface area (Å²) in [5.74, 6) is 0.752. The summed E-state index contributed by atoms with van der Waals surface area (Å²) in [5.41, 5.74) is 2.79. The minimum Gasteiger partial charge on any atom is -0.381 e. The molecule has 4 heterocycles. The highest BCUT2D eigenvalue weighted by atomic mass is 16.5. The molecule has 0 saturated carbocycles. The van der Waals surface area contributed by atoms with Gasteiger partial charge in [0, 0.05) is 48.7 Å². The summed E-state index contributed by atoms with van der Waals surface area (Å²) in [6.45, 7) is 2.28. The summed E-state index contributed by atoms with van der Waals surface area (Å²) in [6.07, 6.45) is 5.27. The molecule has 8 heteroatoms. The summed E-state index contributed by atoms with van der Waals surface area (Å²) >= 11 is 0. The highest BCUT2D eigenvalue weighted by molar-refractivity contribution is 6.08. The van der Waals surface area contributed by atoms with Gasteiger partial charge in [0.05, 0.1) is 17.8 Å². The number of nitrogens with one attached hydrogen (secondary N) is 3. The molecule has 1 saturated heterocycles. The molecule has 154 valence electrons.